The monoisotopic (exact) mass is 204 g/mol. The van der Waals surface area contributed by atoms with Crippen molar-refractivity contribution in [1.29, 1.82) is 0 Å². The largest absolute Gasteiger partial charge is 0.382 e. The van der Waals surface area contributed by atoms with Gasteiger partial charge in [0.2, 0.25) is 0 Å². The van der Waals surface area contributed by atoms with E-state index in [-0.39, 0.29) is 17.8 Å². The molecule has 0 heterocycles. The van der Waals surface area contributed by atoms with Crippen LogP contribution < -0.4 is 0 Å². The third-order valence-corrected chi connectivity index (χ3v) is 3.14. The fourth-order valence-corrected chi connectivity index (χ4v) is 2.20. The van der Waals surface area contributed by atoms with Gasteiger partial charge in [0.25, 0.3) is 0 Å². The Morgan fingerprint density at radius 3 is 2.87 bits per heavy atom. The predicted octanol–water partition coefficient (Wildman–Crippen LogP) is 2.47. The van der Waals surface area contributed by atoms with E-state index in [0.29, 0.717) is 0 Å². The molecule has 1 aromatic rings. The second-order valence-electron chi connectivity index (χ2n) is 4.20. The molecule has 1 aliphatic carbocycles. The summed E-state index contributed by atoms with van der Waals surface area (Å²) in [6, 6.07) is 7.90. The first kappa shape index (κ1) is 10.4. The molecule has 0 N–H and O–H groups in total. The standard InChI is InChI=1S/C13H16O2/c1-9(15-2)7-11-8-10-5-3-4-6-12(10)13(11)14/h3-6,9,11H,7-8H2,1-2H3. The molecule has 0 bridgehead atoms. The lowest BCUT2D eigenvalue weighted by molar-refractivity contribution is 0.0765. The predicted molar refractivity (Wildman–Crippen MR) is 59.1 cm³/mol. The Hall–Kier alpha value is -1.15. The number of hydrogen-bond acceptors (Lipinski definition) is 2. The van der Waals surface area contributed by atoms with Crippen molar-refractivity contribution in [2.75, 3.05) is 7.11 Å². The van der Waals surface area contributed by atoms with Crippen molar-refractivity contribution in [3.8, 4) is 0 Å². The number of benzene rings is 1. The molecule has 2 nitrogen and oxygen atoms in total. The molecular weight excluding hydrogens is 188 g/mol. The zero-order valence-electron chi connectivity index (χ0n) is 9.19. The Balaban J connectivity index is 2.13. The Morgan fingerprint density at radius 1 is 1.47 bits per heavy atom. The Bertz CT molecular complexity index is 371. The highest BCUT2D eigenvalue weighted by molar-refractivity contribution is 6.02. The van der Waals surface area contributed by atoms with Gasteiger partial charge in [-0.2, -0.15) is 0 Å². The SMILES string of the molecule is COC(C)CC1Cc2ccccc2C1=O. The van der Waals surface area contributed by atoms with Gasteiger partial charge in [-0.15, -0.1) is 0 Å². The van der Waals surface area contributed by atoms with Gasteiger partial charge in [-0.3, -0.25) is 4.79 Å². The number of methoxy groups -OCH3 is 1. The van der Waals surface area contributed by atoms with Crippen LogP contribution in [0.4, 0.5) is 0 Å². The second kappa shape index (κ2) is 4.15. The molecule has 1 aromatic carbocycles. The number of carbonyl (C=O) groups is 1. The van der Waals surface area contributed by atoms with E-state index in [4.69, 9.17) is 4.74 Å². The molecule has 1 aliphatic rings. The second-order valence-corrected chi connectivity index (χ2v) is 4.20. The molecule has 0 aromatic heterocycles. The first-order chi connectivity index (χ1) is 7.22. The minimum Gasteiger partial charge on any atom is -0.382 e. The molecule has 2 rings (SSSR count). The molecule has 0 aliphatic heterocycles. The van der Waals surface area contributed by atoms with Crippen LogP contribution in [-0.2, 0) is 11.2 Å². The molecule has 2 atom stereocenters. The van der Waals surface area contributed by atoms with Crippen molar-refractivity contribution in [2.45, 2.75) is 25.9 Å². The quantitative estimate of drug-likeness (QED) is 0.756. The maximum absolute atomic E-state index is 12.0. The van der Waals surface area contributed by atoms with E-state index >= 15 is 0 Å². The number of ether oxygens (including phenoxy) is 1. The number of hydrogen-bond donors (Lipinski definition) is 0. The zero-order chi connectivity index (χ0) is 10.8. The average molecular weight is 204 g/mol. The van der Waals surface area contributed by atoms with Gasteiger partial charge in [0.15, 0.2) is 5.78 Å². The van der Waals surface area contributed by atoms with E-state index in [2.05, 4.69) is 0 Å². The lowest BCUT2D eigenvalue weighted by Gasteiger charge is -2.13. The van der Waals surface area contributed by atoms with E-state index in [9.17, 15) is 4.79 Å². The van der Waals surface area contributed by atoms with Crippen molar-refractivity contribution in [3.05, 3.63) is 35.4 Å². The molecule has 2 unspecified atom stereocenters. The van der Waals surface area contributed by atoms with Crippen molar-refractivity contribution in [1.82, 2.24) is 0 Å². The Kier molecular flexibility index (Phi) is 2.87. The van der Waals surface area contributed by atoms with Crippen LogP contribution in [0.15, 0.2) is 24.3 Å². The summed E-state index contributed by atoms with van der Waals surface area (Å²) in [6.07, 6.45) is 1.86. The average Bonchev–Trinajstić information content (AvgIpc) is 2.57. The maximum Gasteiger partial charge on any atom is 0.166 e. The topological polar surface area (TPSA) is 26.3 Å². The van der Waals surface area contributed by atoms with Crippen molar-refractivity contribution in [2.24, 2.45) is 5.92 Å². The van der Waals surface area contributed by atoms with Gasteiger partial charge in [-0.25, -0.2) is 0 Å². The molecular formula is C13H16O2. The summed E-state index contributed by atoms with van der Waals surface area (Å²) >= 11 is 0. The number of carbonyl (C=O) groups excluding carboxylic acids is 1. The lowest BCUT2D eigenvalue weighted by atomic mass is 9.98. The Labute approximate surface area is 90.3 Å². The number of fused-ring (bicyclic) bond motifs is 1. The van der Waals surface area contributed by atoms with Gasteiger partial charge in [-0.05, 0) is 25.3 Å². The molecule has 0 saturated carbocycles. The summed E-state index contributed by atoms with van der Waals surface area (Å²) in [5.74, 6) is 0.409. The first-order valence-corrected chi connectivity index (χ1v) is 5.37. The van der Waals surface area contributed by atoms with E-state index in [1.807, 2.05) is 31.2 Å². The summed E-state index contributed by atoms with van der Waals surface area (Å²) < 4.78 is 5.21. The normalized spacial score (nSPS) is 21.5. The van der Waals surface area contributed by atoms with Crippen molar-refractivity contribution in [3.63, 3.8) is 0 Å². The van der Waals surface area contributed by atoms with Gasteiger partial charge in [0.05, 0.1) is 6.10 Å². The summed E-state index contributed by atoms with van der Waals surface area (Å²) in [6.45, 7) is 2.01. The molecule has 0 saturated heterocycles. The van der Waals surface area contributed by atoms with Crippen LogP contribution in [0.25, 0.3) is 0 Å². The third-order valence-electron chi connectivity index (χ3n) is 3.14. The van der Waals surface area contributed by atoms with Crippen LogP contribution >= 0.6 is 0 Å². The van der Waals surface area contributed by atoms with Crippen LogP contribution in [-0.4, -0.2) is 19.0 Å². The molecule has 2 heteroatoms. The molecule has 0 amide bonds. The Morgan fingerprint density at radius 2 is 2.20 bits per heavy atom. The van der Waals surface area contributed by atoms with Crippen LogP contribution in [0, 0.1) is 5.92 Å². The summed E-state index contributed by atoms with van der Waals surface area (Å²) in [4.78, 5) is 12.0. The third kappa shape index (κ3) is 1.95. The van der Waals surface area contributed by atoms with Gasteiger partial charge in [0, 0.05) is 18.6 Å². The molecule has 80 valence electrons. The maximum atomic E-state index is 12.0. The van der Waals surface area contributed by atoms with Gasteiger partial charge >= 0.3 is 0 Å². The van der Waals surface area contributed by atoms with Crippen LogP contribution in [0.1, 0.15) is 29.3 Å². The highest BCUT2D eigenvalue weighted by atomic mass is 16.5. The number of ketones is 1. The van der Waals surface area contributed by atoms with Crippen LogP contribution in [0.2, 0.25) is 0 Å². The van der Waals surface area contributed by atoms with E-state index in [0.717, 1.165) is 18.4 Å². The van der Waals surface area contributed by atoms with E-state index in [1.54, 1.807) is 7.11 Å². The van der Waals surface area contributed by atoms with Gasteiger partial charge in [-0.1, -0.05) is 24.3 Å². The highest BCUT2D eigenvalue weighted by Gasteiger charge is 2.30. The molecule has 0 radical (unpaired) electrons. The molecule has 15 heavy (non-hydrogen) atoms. The van der Waals surface area contributed by atoms with Crippen LogP contribution in [0.5, 0.6) is 0 Å². The number of rotatable bonds is 3. The molecule has 0 fully saturated rings. The van der Waals surface area contributed by atoms with Crippen LogP contribution in [0.3, 0.4) is 0 Å². The summed E-state index contributed by atoms with van der Waals surface area (Å²) in [7, 11) is 1.69. The fraction of sp³-hybridized carbons (Fsp3) is 0.462. The van der Waals surface area contributed by atoms with Crippen molar-refractivity contribution < 1.29 is 9.53 Å². The van der Waals surface area contributed by atoms with E-state index < -0.39 is 0 Å². The van der Waals surface area contributed by atoms with Gasteiger partial charge < -0.3 is 4.74 Å². The van der Waals surface area contributed by atoms with E-state index in [1.165, 1.54) is 5.56 Å². The minimum absolute atomic E-state index is 0.123. The molecule has 0 spiro atoms. The fourth-order valence-electron chi connectivity index (χ4n) is 2.20. The smallest absolute Gasteiger partial charge is 0.166 e. The lowest BCUT2D eigenvalue weighted by Crippen LogP contribution is -2.17. The highest BCUT2D eigenvalue weighted by Crippen LogP contribution is 2.29. The minimum atomic E-state index is 0.123. The zero-order valence-corrected chi connectivity index (χ0v) is 9.19. The first-order valence-electron chi connectivity index (χ1n) is 5.37. The van der Waals surface area contributed by atoms with Gasteiger partial charge in [0.1, 0.15) is 0 Å². The summed E-state index contributed by atoms with van der Waals surface area (Å²) in [5.41, 5.74) is 2.10. The number of Topliss-reactive ketones (excluding diaryl/α,β-unsaturated/α-hetero) is 1. The van der Waals surface area contributed by atoms with Crippen molar-refractivity contribution >= 4 is 5.78 Å². The summed E-state index contributed by atoms with van der Waals surface area (Å²) in [5, 5.41) is 0.